The van der Waals surface area contributed by atoms with Crippen molar-refractivity contribution in [1.29, 1.82) is 0 Å². The van der Waals surface area contributed by atoms with E-state index in [1.807, 2.05) is 6.08 Å². The van der Waals surface area contributed by atoms with Crippen LogP contribution in [0.4, 0.5) is 0 Å². The van der Waals surface area contributed by atoms with Crippen molar-refractivity contribution in [3.8, 4) is 11.5 Å². The first-order valence-corrected chi connectivity index (χ1v) is 5.96. The highest BCUT2D eigenvalue weighted by atomic mass is 127. The van der Waals surface area contributed by atoms with Crippen LogP contribution in [0.25, 0.3) is 0 Å². The normalized spacial score (nSPS) is 8.33. The quantitative estimate of drug-likeness (QED) is 0.522. The molecule has 1 aromatic rings. The summed E-state index contributed by atoms with van der Waals surface area (Å²) in [6.07, 6.45) is 3.54. The number of hydrogen-bond donors (Lipinski definition) is 1. The lowest BCUT2D eigenvalue weighted by Crippen LogP contribution is -1.91. The molecule has 0 unspecified atom stereocenters. The fourth-order valence-electron chi connectivity index (χ4n) is 0.698. The zero-order chi connectivity index (χ0) is 11.5. The minimum absolute atomic E-state index is 0.246. The van der Waals surface area contributed by atoms with Gasteiger partial charge < -0.3 is 9.84 Å². The lowest BCUT2D eigenvalue weighted by atomic mass is 10.3. The molecule has 0 heterocycles. The second-order valence-electron chi connectivity index (χ2n) is 2.54. The molecule has 1 N–H and O–H groups in total. The average molecular weight is 318 g/mol. The van der Waals surface area contributed by atoms with Gasteiger partial charge in [-0.25, -0.2) is 0 Å². The molecule has 0 spiro atoms. The minimum Gasteiger partial charge on any atom is -0.508 e. The van der Waals surface area contributed by atoms with E-state index in [9.17, 15) is 0 Å². The zero-order valence-electron chi connectivity index (χ0n) is 8.53. The molecular formula is C12H15IO2. The van der Waals surface area contributed by atoms with Gasteiger partial charge in [-0.3, -0.25) is 0 Å². The van der Waals surface area contributed by atoms with Gasteiger partial charge in [0.25, 0.3) is 0 Å². The number of benzene rings is 1. The predicted molar refractivity (Wildman–Crippen MR) is 72.9 cm³/mol. The van der Waals surface area contributed by atoms with Crippen molar-refractivity contribution in [3.63, 3.8) is 0 Å². The van der Waals surface area contributed by atoms with Crippen molar-refractivity contribution < 1.29 is 9.84 Å². The Kier molecular flexibility index (Phi) is 8.96. The van der Waals surface area contributed by atoms with Gasteiger partial charge in [0.05, 0.1) is 0 Å². The first-order chi connectivity index (χ1) is 7.24. The highest BCUT2D eigenvalue weighted by Crippen LogP contribution is 2.15. The molecule has 0 bridgehead atoms. The van der Waals surface area contributed by atoms with Crippen LogP contribution >= 0.6 is 22.6 Å². The summed E-state index contributed by atoms with van der Waals surface area (Å²) in [6.45, 7) is 7.48. The Balaban J connectivity index is 0.000000423. The number of ether oxygens (including phenoxy) is 1. The molecule has 1 rings (SSSR count). The van der Waals surface area contributed by atoms with Crippen molar-refractivity contribution in [2.45, 2.75) is 0 Å². The van der Waals surface area contributed by atoms with E-state index >= 15 is 0 Å². The van der Waals surface area contributed by atoms with Crippen molar-refractivity contribution in [2.24, 2.45) is 0 Å². The molecule has 0 fully saturated rings. The number of halogens is 1. The molecular weight excluding hydrogens is 303 g/mol. The van der Waals surface area contributed by atoms with Crippen LogP contribution in [0, 0.1) is 0 Å². The molecule has 0 aliphatic carbocycles. The number of phenols is 1. The Morgan fingerprint density at radius 1 is 1.20 bits per heavy atom. The Morgan fingerprint density at radius 3 is 2.13 bits per heavy atom. The highest BCUT2D eigenvalue weighted by molar-refractivity contribution is 14.1. The van der Waals surface area contributed by atoms with E-state index in [0.717, 1.165) is 10.2 Å². The Morgan fingerprint density at radius 2 is 1.73 bits per heavy atom. The van der Waals surface area contributed by atoms with Crippen molar-refractivity contribution in [1.82, 2.24) is 0 Å². The minimum atomic E-state index is 0.246. The van der Waals surface area contributed by atoms with Crippen molar-refractivity contribution in [2.75, 3.05) is 11.0 Å². The van der Waals surface area contributed by atoms with Gasteiger partial charge in [0.2, 0.25) is 0 Å². The van der Waals surface area contributed by atoms with E-state index in [1.165, 1.54) is 0 Å². The number of aromatic hydroxyl groups is 1. The lowest BCUT2D eigenvalue weighted by Gasteiger charge is -2.01. The van der Waals surface area contributed by atoms with Crippen LogP contribution in [0.1, 0.15) is 0 Å². The summed E-state index contributed by atoms with van der Waals surface area (Å²) >= 11 is 2.23. The Bertz CT molecular complexity index is 280. The number of phenolic OH excluding ortho intramolecular Hbond substituents is 1. The van der Waals surface area contributed by atoms with Gasteiger partial charge in [-0.15, -0.1) is 6.58 Å². The van der Waals surface area contributed by atoms with Gasteiger partial charge in [0, 0.05) is 4.43 Å². The summed E-state index contributed by atoms with van der Waals surface area (Å²) in [5.41, 5.74) is 0. The van der Waals surface area contributed by atoms with Gasteiger partial charge in [0.15, 0.2) is 0 Å². The fourth-order valence-corrected chi connectivity index (χ4v) is 0.698. The van der Waals surface area contributed by atoms with E-state index < -0.39 is 0 Å². The zero-order valence-corrected chi connectivity index (χ0v) is 10.7. The van der Waals surface area contributed by atoms with Crippen molar-refractivity contribution >= 4 is 22.6 Å². The lowest BCUT2D eigenvalue weighted by molar-refractivity contribution is 0.362. The molecule has 15 heavy (non-hydrogen) atoms. The number of hydrogen-bond acceptors (Lipinski definition) is 2. The maximum Gasteiger partial charge on any atom is 0.120 e. The molecule has 0 saturated heterocycles. The molecule has 82 valence electrons. The summed E-state index contributed by atoms with van der Waals surface area (Å²) in [5, 5.41) is 8.91. The Hall–Kier alpha value is -0.970. The van der Waals surface area contributed by atoms with E-state index in [2.05, 4.69) is 35.7 Å². The van der Waals surface area contributed by atoms with Crippen LogP contribution in [0.5, 0.6) is 11.5 Å². The summed E-state index contributed by atoms with van der Waals surface area (Å²) in [5.74, 6) is 0.985. The maximum atomic E-state index is 8.91. The number of alkyl halides is 1. The van der Waals surface area contributed by atoms with Crippen molar-refractivity contribution in [3.05, 3.63) is 49.6 Å². The second-order valence-corrected chi connectivity index (χ2v) is 3.42. The van der Waals surface area contributed by atoms with Crippen LogP contribution < -0.4 is 4.74 Å². The maximum absolute atomic E-state index is 8.91. The van der Waals surface area contributed by atoms with Crippen LogP contribution in [-0.2, 0) is 0 Å². The number of allylic oxidation sites excluding steroid dienone is 1. The molecule has 0 saturated carbocycles. The summed E-state index contributed by atoms with van der Waals surface area (Å²) < 4.78 is 6.23. The van der Waals surface area contributed by atoms with Crippen LogP contribution in [0.2, 0.25) is 0 Å². The largest absolute Gasteiger partial charge is 0.508 e. The monoisotopic (exact) mass is 318 g/mol. The Labute approximate surface area is 104 Å². The van der Waals surface area contributed by atoms with E-state index in [1.54, 1.807) is 30.3 Å². The van der Waals surface area contributed by atoms with Gasteiger partial charge >= 0.3 is 0 Å². The van der Waals surface area contributed by atoms with Crippen LogP contribution in [-0.4, -0.2) is 16.1 Å². The molecule has 0 radical (unpaired) electrons. The molecule has 3 heteroatoms. The average Bonchev–Trinajstić information content (AvgIpc) is 2.29. The topological polar surface area (TPSA) is 29.5 Å². The first-order valence-electron chi connectivity index (χ1n) is 4.44. The SMILES string of the molecule is C=CCI.C=CCOc1ccc(O)cc1. The van der Waals surface area contributed by atoms with Crippen LogP contribution in [0.15, 0.2) is 49.6 Å². The highest BCUT2D eigenvalue weighted by Gasteiger charge is 1.90. The summed E-state index contributed by atoms with van der Waals surface area (Å²) in [7, 11) is 0. The van der Waals surface area contributed by atoms with E-state index in [0.29, 0.717) is 6.61 Å². The van der Waals surface area contributed by atoms with Gasteiger partial charge in [-0.05, 0) is 24.3 Å². The van der Waals surface area contributed by atoms with Gasteiger partial charge in [-0.2, -0.15) is 0 Å². The van der Waals surface area contributed by atoms with E-state index in [4.69, 9.17) is 9.84 Å². The fraction of sp³-hybridized carbons (Fsp3) is 0.167. The third-order valence-electron chi connectivity index (χ3n) is 1.31. The van der Waals surface area contributed by atoms with Gasteiger partial charge in [0.1, 0.15) is 18.1 Å². The molecule has 1 aromatic carbocycles. The third kappa shape index (κ3) is 8.05. The number of rotatable bonds is 4. The summed E-state index contributed by atoms with van der Waals surface area (Å²) in [4.78, 5) is 0. The summed E-state index contributed by atoms with van der Waals surface area (Å²) in [6, 6.07) is 6.58. The van der Waals surface area contributed by atoms with Crippen LogP contribution in [0.3, 0.4) is 0 Å². The second kappa shape index (κ2) is 9.58. The molecule has 2 nitrogen and oxygen atoms in total. The molecule has 0 aromatic heterocycles. The standard InChI is InChI=1S/C9H10O2.C3H5I/c1-2-7-11-9-5-3-8(10)4-6-9;1-2-3-4/h2-6,10H,1,7H2;2H,1,3H2. The third-order valence-corrected chi connectivity index (χ3v) is 1.94. The van der Waals surface area contributed by atoms with Gasteiger partial charge in [-0.1, -0.05) is 41.3 Å². The molecule has 0 atom stereocenters. The molecule has 0 aliphatic heterocycles. The molecule has 0 amide bonds. The first kappa shape index (κ1) is 14.0. The molecule has 0 aliphatic rings. The predicted octanol–water partition coefficient (Wildman–Crippen LogP) is 3.56. The smallest absolute Gasteiger partial charge is 0.120 e. The van der Waals surface area contributed by atoms with E-state index in [-0.39, 0.29) is 5.75 Å².